The molecular weight excluding hydrogens is 737 g/mol. The Balaban J connectivity index is 1.07. The summed E-state index contributed by atoms with van der Waals surface area (Å²) in [6, 6.07) is 80.4. The Morgan fingerprint density at radius 2 is 0.836 bits per heavy atom. The first-order valence-corrected chi connectivity index (χ1v) is 21.3. The predicted octanol–water partition coefficient (Wildman–Crippen LogP) is 16.7. The zero-order chi connectivity index (χ0) is 40.7. The van der Waals surface area contributed by atoms with Crippen LogP contribution >= 0.6 is 0 Å². The molecule has 61 heavy (non-hydrogen) atoms. The van der Waals surface area contributed by atoms with E-state index in [1.54, 1.807) is 0 Å². The van der Waals surface area contributed by atoms with E-state index in [9.17, 15) is 0 Å². The van der Waals surface area contributed by atoms with Crippen molar-refractivity contribution in [2.45, 2.75) is 19.3 Å². The fraction of sp³-hybridized carbons (Fsp3) is 0.0508. The maximum Gasteiger partial charge on any atom is 0.0540 e. The molecule has 1 aliphatic rings. The van der Waals surface area contributed by atoms with Gasteiger partial charge in [-0.05, 0) is 126 Å². The third-order valence-electron chi connectivity index (χ3n) is 13.1. The highest BCUT2D eigenvalue weighted by Gasteiger charge is 2.39. The van der Waals surface area contributed by atoms with Gasteiger partial charge in [0, 0.05) is 38.9 Å². The quantitative estimate of drug-likeness (QED) is 0.155. The number of hydrogen-bond donors (Lipinski definition) is 0. The average molecular weight is 779 g/mol. The van der Waals surface area contributed by atoms with Gasteiger partial charge in [-0.3, -0.25) is 0 Å². The Labute approximate surface area is 356 Å². The van der Waals surface area contributed by atoms with Crippen molar-refractivity contribution in [3.63, 3.8) is 0 Å². The van der Waals surface area contributed by atoms with Crippen LogP contribution in [0.3, 0.4) is 0 Å². The SMILES string of the molecule is CC1(C)c2cc(N(c3ccccc3)c3ccc4ccccc4c3)ccc2-c2c1c1ccc(N(c3cccc4ccccc34)c3cccc4ccccc34)cc1c1ccccc21. The van der Waals surface area contributed by atoms with Gasteiger partial charge in [0.15, 0.2) is 0 Å². The summed E-state index contributed by atoms with van der Waals surface area (Å²) in [6.07, 6.45) is 0. The first-order chi connectivity index (χ1) is 30.0. The second kappa shape index (κ2) is 13.7. The first kappa shape index (κ1) is 35.3. The van der Waals surface area contributed by atoms with Crippen LogP contribution < -0.4 is 9.80 Å². The number of para-hydroxylation sites is 1. The van der Waals surface area contributed by atoms with Gasteiger partial charge in [-0.1, -0.05) is 172 Å². The lowest BCUT2D eigenvalue weighted by molar-refractivity contribution is 0.666. The smallest absolute Gasteiger partial charge is 0.0540 e. The second-order valence-corrected chi connectivity index (χ2v) is 16.9. The average Bonchev–Trinajstić information content (AvgIpc) is 3.55. The highest BCUT2D eigenvalue weighted by Crippen LogP contribution is 2.56. The van der Waals surface area contributed by atoms with E-state index in [2.05, 4.69) is 242 Å². The highest BCUT2D eigenvalue weighted by atomic mass is 15.1. The zero-order valence-corrected chi connectivity index (χ0v) is 34.2. The number of rotatable bonds is 6. The Morgan fingerprint density at radius 3 is 1.54 bits per heavy atom. The van der Waals surface area contributed by atoms with Crippen LogP contribution in [-0.4, -0.2) is 0 Å². The number of anilines is 6. The number of fused-ring (bicyclic) bond motifs is 11. The Hall–Kier alpha value is -7.68. The minimum absolute atomic E-state index is 0.277. The summed E-state index contributed by atoms with van der Waals surface area (Å²) < 4.78 is 0. The molecule has 0 N–H and O–H groups in total. The normalized spacial score (nSPS) is 12.9. The third kappa shape index (κ3) is 5.49. The molecule has 0 saturated carbocycles. The van der Waals surface area contributed by atoms with Crippen LogP contribution in [0.25, 0.3) is 65.0 Å². The Morgan fingerprint density at radius 1 is 0.311 bits per heavy atom. The molecule has 2 nitrogen and oxygen atoms in total. The molecule has 0 unspecified atom stereocenters. The molecule has 12 rings (SSSR count). The molecule has 1 aliphatic carbocycles. The third-order valence-corrected chi connectivity index (χ3v) is 13.1. The van der Waals surface area contributed by atoms with Crippen molar-refractivity contribution in [1.82, 2.24) is 0 Å². The summed E-state index contributed by atoms with van der Waals surface area (Å²) in [5, 5.41) is 12.5. The Kier molecular flexibility index (Phi) is 7.92. The van der Waals surface area contributed by atoms with Gasteiger partial charge >= 0.3 is 0 Å². The first-order valence-electron chi connectivity index (χ1n) is 21.3. The molecule has 2 heteroatoms. The van der Waals surface area contributed by atoms with Gasteiger partial charge in [-0.15, -0.1) is 0 Å². The molecule has 288 valence electrons. The van der Waals surface area contributed by atoms with Crippen molar-refractivity contribution in [1.29, 1.82) is 0 Å². The zero-order valence-electron chi connectivity index (χ0n) is 34.2. The molecule has 11 aromatic rings. The second-order valence-electron chi connectivity index (χ2n) is 16.9. The molecule has 0 fully saturated rings. The number of nitrogens with zero attached hydrogens (tertiary/aromatic N) is 2. The molecule has 0 spiro atoms. The number of benzene rings is 11. The Bertz CT molecular complexity index is 3440. The van der Waals surface area contributed by atoms with Gasteiger partial charge in [0.2, 0.25) is 0 Å². The van der Waals surface area contributed by atoms with E-state index < -0.39 is 0 Å². The molecule has 0 saturated heterocycles. The summed E-state index contributed by atoms with van der Waals surface area (Å²) in [6.45, 7) is 4.84. The standard InChI is InChI=1S/C59H42N2/c1-59(2)54-38-46(60(43-22-4-3-5-23-43)44-31-30-39-16-6-7-19-42(39)36-44)33-35-52(54)57-50-27-13-12-26-49(50)53-37-45(32-34-51(53)58(57)59)61(55-28-14-20-40-17-8-10-24-47(40)55)56-29-15-21-41-18-9-11-25-48(41)56/h3-38H,1-2H3. The summed E-state index contributed by atoms with van der Waals surface area (Å²) >= 11 is 0. The number of hydrogen-bond acceptors (Lipinski definition) is 2. The maximum atomic E-state index is 2.48. The molecule has 0 bridgehead atoms. The van der Waals surface area contributed by atoms with Crippen LogP contribution in [0.5, 0.6) is 0 Å². The fourth-order valence-corrected chi connectivity index (χ4v) is 10.3. The largest absolute Gasteiger partial charge is 0.310 e. The van der Waals surface area contributed by atoms with Gasteiger partial charge in [0.1, 0.15) is 0 Å². The van der Waals surface area contributed by atoms with Crippen LogP contribution in [0.15, 0.2) is 218 Å². The molecule has 0 aliphatic heterocycles. The molecule has 0 atom stereocenters. The van der Waals surface area contributed by atoms with Gasteiger partial charge in [0.25, 0.3) is 0 Å². The summed E-state index contributed by atoms with van der Waals surface area (Å²) in [4.78, 5) is 4.88. The van der Waals surface area contributed by atoms with E-state index >= 15 is 0 Å². The van der Waals surface area contributed by atoms with Crippen molar-refractivity contribution in [2.75, 3.05) is 9.80 Å². The summed E-state index contributed by atoms with van der Waals surface area (Å²) in [5.74, 6) is 0. The van der Waals surface area contributed by atoms with E-state index in [0.29, 0.717) is 0 Å². The van der Waals surface area contributed by atoms with Gasteiger partial charge in [-0.25, -0.2) is 0 Å². The van der Waals surface area contributed by atoms with Crippen molar-refractivity contribution in [3.05, 3.63) is 230 Å². The predicted molar refractivity (Wildman–Crippen MR) is 261 cm³/mol. The lowest BCUT2D eigenvalue weighted by Crippen LogP contribution is -2.17. The van der Waals surface area contributed by atoms with E-state index in [-0.39, 0.29) is 5.41 Å². The van der Waals surface area contributed by atoms with Crippen molar-refractivity contribution in [3.8, 4) is 11.1 Å². The summed E-state index contributed by atoms with van der Waals surface area (Å²) in [5.41, 5.74) is 12.0. The van der Waals surface area contributed by atoms with Crippen LogP contribution in [0.4, 0.5) is 34.1 Å². The molecule has 11 aromatic carbocycles. The van der Waals surface area contributed by atoms with Crippen LogP contribution in [-0.2, 0) is 5.41 Å². The summed E-state index contributed by atoms with van der Waals surface area (Å²) in [7, 11) is 0. The maximum absolute atomic E-state index is 2.48. The van der Waals surface area contributed by atoms with E-state index in [1.807, 2.05) is 0 Å². The fourth-order valence-electron chi connectivity index (χ4n) is 10.3. The van der Waals surface area contributed by atoms with Crippen molar-refractivity contribution < 1.29 is 0 Å². The minimum atomic E-state index is -0.277. The van der Waals surface area contributed by atoms with Gasteiger partial charge < -0.3 is 9.80 Å². The van der Waals surface area contributed by atoms with E-state index in [1.165, 1.54) is 76.1 Å². The van der Waals surface area contributed by atoms with Crippen LogP contribution in [0.1, 0.15) is 25.0 Å². The van der Waals surface area contributed by atoms with E-state index in [4.69, 9.17) is 0 Å². The lowest BCUT2D eigenvalue weighted by atomic mass is 9.79. The van der Waals surface area contributed by atoms with Crippen LogP contribution in [0.2, 0.25) is 0 Å². The molecule has 0 heterocycles. The molecule has 0 aromatic heterocycles. The minimum Gasteiger partial charge on any atom is -0.310 e. The lowest BCUT2D eigenvalue weighted by Gasteiger charge is -2.30. The van der Waals surface area contributed by atoms with Gasteiger partial charge in [0.05, 0.1) is 11.4 Å². The molecular formula is C59H42N2. The van der Waals surface area contributed by atoms with Gasteiger partial charge in [-0.2, -0.15) is 0 Å². The van der Waals surface area contributed by atoms with Crippen LogP contribution in [0, 0.1) is 0 Å². The van der Waals surface area contributed by atoms with Crippen molar-refractivity contribution in [2.24, 2.45) is 0 Å². The van der Waals surface area contributed by atoms with Crippen molar-refractivity contribution >= 4 is 88.0 Å². The topological polar surface area (TPSA) is 6.48 Å². The van der Waals surface area contributed by atoms with E-state index in [0.717, 1.165) is 34.1 Å². The highest BCUT2D eigenvalue weighted by molar-refractivity contribution is 6.19. The monoisotopic (exact) mass is 778 g/mol. The molecule has 0 amide bonds. The molecule has 0 radical (unpaired) electrons.